The monoisotopic (exact) mass is 234 g/mol. The molecular weight excluding hydrogens is 212 g/mol. The Morgan fingerprint density at radius 1 is 1.47 bits per heavy atom. The van der Waals surface area contributed by atoms with E-state index in [-0.39, 0.29) is 6.04 Å². The summed E-state index contributed by atoms with van der Waals surface area (Å²) in [4.78, 5) is 2.39. The Kier molecular flexibility index (Phi) is 4.02. The highest BCUT2D eigenvalue weighted by Gasteiger charge is 2.20. The fourth-order valence-corrected chi connectivity index (χ4v) is 2.35. The molecule has 1 aromatic carbocycles. The van der Waals surface area contributed by atoms with Gasteiger partial charge in [0.1, 0.15) is 0 Å². The molecule has 0 spiro atoms. The van der Waals surface area contributed by atoms with Crippen LogP contribution in [-0.4, -0.2) is 25.8 Å². The molecule has 0 bridgehead atoms. The minimum atomic E-state index is 0.129. The Morgan fingerprint density at radius 2 is 2.24 bits per heavy atom. The van der Waals surface area contributed by atoms with Gasteiger partial charge in [-0.05, 0) is 25.0 Å². The standard InChI is InChI=1S/C14H22N2O/c1-3-13(15)12-6-4-5-7-14(12)16-8-9-17-11(2)10-16/h4-7,11,13H,3,8-10,15H2,1-2H3/t11?,13-/m1/s1. The largest absolute Gasteiger partial charge is 0.375 e. The predicted molar refractivity (Wildman–Crippen MR) is 71.3 cm³/mol. The van der Waals surface area contributed by atoms with E-state index in [0.29, 0.717) is 6.10 Å². The lowest BCUT2D eigenvalue weighted by atomic mass is 10.0. The lowest BCUT2D eigenvalue weighted by Crippen LogP contribution is -2.41. The average Bonchev–Trinajstić information content (AvgIpc) is 2.38. The van der Waals surface area contributed by atoms with Gasteiger partial charge in [0.05, 0.1) is 12.7 Å². The molecule has 0 radical (unpaired) electrons. The van der Waals surface area contributed by atoms with Crippen LogP contribution in [-0.2, 0) is 4.74 Å². The zero-order valence-electron chi connectivity index (χ0n) is 10.7. The summed E-state index contributed by atoms with van der Waals surface area (Å²) in [5.41, 5.74) is 8.71. The van der Waals surface area contributed by atoms with Gasteiger partial charge in [-0.25, -0.2) is 0 Å². The molecule has 17 heavy (non-hydrogen) atoms. The van der Waals surface area contributed by atoms with Gasteiger partial charge in [-0.3, -0.25) is 0 Å². The van der Waals surface area contributed by atoms with Crippen molar-refractivity contribution in [3.05, 3.63) is 29.8 Å². The smallest absolute Gasteiger partial charge is 0.0722 e. The Morgan fingerprint density at radius 3 is 2.94 bits per heavy atom. The number of nitrogens with zero attached hydrogens (tertiary/aromatic N) is 1. The maximum absolute atomic E-state index is 6.18. The van der Waals surface area contributed by atoms with Crippen molar-refractivity contribution >= 4 is 5.69 Å². The maximum Gasteiger partial charge on any atom is 0.0722 e. The van der Waals surface area contributed by atoms with Gasteiger partial charge < -0.3 is 15.4 Å². The Labute approximate surface area is 104 Å². The number of rotatable bonds is 3. The molecule has 2 N–H and O–H groups in total. The molecule has 3 nitrogen and oxygen atoms in total. The van der Waals surface area contributed by atoms with E-state index < -0.39 is 0 Å². The third kappa shape index (κ3) is 2.79. The molecule has 0 aliphatic carbocycles. The second-order valence-corrected chi connectivity index (χ2v) is 4.70. The summed E-state index contributed by atoms with van der Waals surface area (Å²) < 4.78 is 5.58. The van der Waals surface area contributed by atoms with E-state index in [4.69, 9.17) is 10.5 Å². The first kappa shape index (κ1) is 12.4. The third-order valence-electron chi connectivity index (χ3n) is 3.36. The van der Waals surface area contributed by atoms with Crippen molar-refractivity contribution < 1.29 is 4.74 Å². The quantitative estimate of drug-likeness (QED) is 0.872. The van der Waals surface area contributed by atoms with E-state index in [0.717, 1.165) is 26.1 Å². The SMILES string of the molecule is CC[C@@H](N)c1ccccc1N1CCOC(C)C1. The number of ether oxygens (including phenoxy) is 1. The second-order valence-electron chi connectivity index (χ2n) is 4.70. The van der Waals surface area contributed by atoms with E-state index >= 15 is 0 Å². The Hall–Kier alpha value is -1.06. The minimum Gasteiger partial charge on any atom is -0.375 e. The maximum atomic E-state index is 6.18. The number of para-hydroxylation sites is 1. The van der Waals surface area contributed by atoms with Gasteiger partial charge in [0.2, 0.25) is 0 Å². The Balaban J connectivity index is 2.24. The van der Waals surface area contributed by atoms with Crippen LogP contribution in [0.25, 0.3) is 0 Å². The van der Waals surface area contributed by atoms with Crippen LogP contribution in [0.1, 0.15) is 31.9 Å². The molecule has 1 fully saturated rings. The summed E-state index contributed by atoms with van der Waals surface area (Å²) in [6.45, 7) is 6.96. The fourth-order valence-electron chi connectivity index (χ4n) is 2.35. The molecule has 3 heteroatoms. The fraction of sp³-hybridized carbons (Fsp3) is 0.571. The van der Waals surface area contributed by atoms with Crippen LogP contribution in [0.5, 0.6) is 0 Å². The molecule has 1 unspecified atom stereocenters. The van der Waals surface area contributed by atoms with Crippen molar-refractivity contribution in [1.82, 2.24) is 0 Å². The van der Waals surface area contributed by atoms with E-state index in [1.54, 1.807) is 0 Å². The number of nitrogens with two attached hydrogens (primary N) is 1. The Bertz CT molecular complexity index is 367. The summed E-state index contributed by atoms with van der Waals surface area (Å²) in [5.74, 6) is 0. The van der Waals surface area contributed by atoms with Gasteiger partial charge in [0, 0.05) is 24.8 Å². The van der Waals surface area contributed by atoms with E-state index in [9.17, 15) is 0 Å². The van der Waals surface area contributed by atoms with Crippen molar-refractivity contribution in [3.8, 4) is 0 Å². The lowest BCUT2D eigenvalue weighted by molar-refractivity contribution is 0.0531. The second kappa shape index (κ2) is 5.52. The number of hydrogen-bond acceptors (Lipinski definition) is 3. The van der Waals surface area contributed by atoms with Crippen molar-refractivity contribution in [2.45, 2.75) is 32.4 Å². The first-order valence-corrected chi connectivity index (χ1v) is 6.43. The highest BCUT2D eigenvalue weighted by Crippen LogP contribution is 2.27. The zero-order valence-corrected chi connectivity index (χ0v) is 10.7. The molecule has 0 saturated carbocycles. The molecule has 1 aliphatic heterocycles. The minimum absolute atomic E-state index is 0.129. The highest BCUT2D eigenvalue weighted by molar-refractivity contribution is 5.55. The zero-order chi connectivity index (χ0) is 12.3. The third-order valence-corrected chi connectivity index (χ3v) is 3.36. The first-order chi connectivity index (χ1) is 8.22. The van der Waals surface area contributed by atoms with Gasteiger partial charge in [-0.1, -0.05) is 25.1 Å². The highest BCUT2D eigenvalue weighted by atomic mass is 16.5. The van der Waals surface area contributed by atoms with Crippen LogP contribution < -0.4 is 10.6 Å². The van der Waals surface area contributed by atoms with Gasteiger partial charge in [0.15, 0.2) is 0 Å². The molecule has 94 valence electrons. The number of morpholine rings is 1. The van der Waals surface area contributed by atoms with Crippen molar-refractivity contribution in [3.63, 3.8) is 0 Å². The molecule has 1 aliphatic rings. The normalized spacial score (nSPS) is 22.5. The molecule has 1 heterocycles. The lowest BCUT2D eigenvalue weighted by Gasteiger charge is -2.35. The van der Waals surface area contributed by atoms with Gasteiger partial charge >= 0.3 is 0 Å². The average molecular weight is 234 g/mol. The van der Waals surface area contributed by atoms with Crippen molar-refractivity contribution in [2.24, 2.45) is 5.73 Å². The van der Waals surface area contributed by atoms with Gasteiger partial charge in [-0.15, -0.1) is 0 Å². The molecular formula is C14H22N2O. The van der Waals surface area contributed by atoms with E-state index in [1.807, 2.05) is 0 Å². The van der Waals surface area contributed by atoms with Crippen LogP contribution in [0.3, 0.4) is 0 Å². The first-order valence-electron chi connectivity index (χ1n) is 6.43. The van der Waals surface area contributed by atoms with Crippen LogP contribution in [0.4, 0.5) is 5.69 Å². The summed E-state index contributed by atoms with van der Waals surface area (Å²) in [6, 6.07) is 8.59. The summed E-state index contributed by atoms with van der Waals surface area (Å²) in [6.07, 6.45) is 1.27. The van der Waals surface area contributed by atoms with Crippen LogP contribution >= 0.6 is 0 Å². The molecule has 1 saturated heterocycles. The summed E-state index contributed by atoms with van der Waals surface area (Å²) >= 11 is 0. The molecule has 1 aromatic rings. The summed E-state index contributed by atoms with van der Waals surface area (Å²) in [7, 11) is 0. The van der Waals surface area contributed by atoms with Crippen molar-refractivity contribution in [1.29, 1.82) is 0 Å². The molecule has 0 aromatic heterocycles. The number of anilines is 1. The topological polar surface area (TPSA) is 38.5 Å². The van der Waals surface area contributed by atoms with Gasteiger partial charge in [0.25, 0.3) is 0 Å². The van der Waals surface area contributed by atoms with E-state index in [2.05, 4.69) is 43.0 Å². The molecule has 2 rings (SSSR count). The van der Waals surface area contributed by atoms with Crippen LogP contribution in [0, 0.1) is 0 Å². The van der Waals surface area contributed by atoms with Crippen LogP contribution in [0.2, 0.25) is 0 Å². The van der Waals surface area contributed by atoms with E-state index in [1.165, 1.54) is 11.3 Å². The van der Waals surface area contributed by atoms with Gasteiger partial charge in [-0.2, -0.15) is 0 Å². The predicted octanol–water partition coefficient (Wildman–Crippen LogP) is 2.32. The molecule has 0 amide bonds. The summed E-state index contributed by atoms with van der Waals surface area (Å²) in [5, 5.41) is 0. The number of hydrogen-bond donors (Lipinski definition) is 1. The van der Waals surface area contributed by atoms with Crippen molar-refractivity contribution in [2.75, 3.05) is 24.6 Å². The van der Waals surface area contributed by atoms with Crippen LogP contribution in [0.15, 0.2) is 24.3 Å². The number of benzene rings is 1. The molecule has 2 atom stereocenters.